The van der Waals surface area contributed by atoms with Crippen molar-refractivity contribution in [3.8, 4) is 11.5 Å². The first-order valence-corrected chi connectivity index (χ1v) is 13.7. The van der Waals surface area contributed by atoms with Crippen LogP contribution in [0.25, 0.3) is 6.08 Å². The second-order valence-electron chi connectivity index (χ2n) is 8.79. The second kappa shape index (κ2) is 12.6. The lowest BCUT2D eigenvalue weighted by atomic mass is 10.1. The highest BCUT2D eigenvalue weighted by Crippen LogP contribution is 2.35. The van der Waals surface area contributed by atoms with Gasteiger partial charge in [0.05, 0.1) is 21.6 Å². The van der Waals surface area contributed by atoms with Crippen molar-refractivity contribution >= 4 is 63.8 Å². The van der Waals surface area contributed by atoms with E-state index in [1.54, 1.807) is 42.5 Å². The number of hydrogen-bond acceptors (Lipinski definition) is 6. The van der Waals surface area contributed by atoms with Crippen molar-refractivity contribution in [2.45, 2.75) is 27.4 Å². The molecular formula is C29H26Cl2N2O5S. The molecule has 3 aromatic carbocycles. The zero-order valence-corrected chi connectivity index (χ0v) is 23.9. The molecule has 7 nitrogen and oxygen atoms in total. The van der Waals surface area contributed by atoms with Gasteiger partial charge in [-0.25, -0.2) is 0 Å². The number of anilines is 1. The number of carbonyl (C=O) groups is 3. The third kappa shape index (κ3) is 7.15. The third-order valence-electron chi connectivity index (χ3n) is 5.91. The number of halogens is 2. The highest BCUT2D eigenvalue weighted by Gasteiger charge is 2.36. The molecule has 0 unspecified atom stereocenters. The lowest BCUT2D eigenvalue weighted by molar-refractivity contribution is -0.127. The fourth-order valence-corrected chi connectivity index (χ4v) is 4.90. The van der Waals surface area contributed by atoms with E-state index in [9.17, 15) is 14.4 Å². The van der Waals surface area contributed by atoms with Gasteiger partial charge in [-0.1, -0.05) is 41.4 Å². The summed E-state index contributed by atoms with van der Waals surface area (Å²) in [4.78, 5) is 39.2. The summed E-state index contributed by atoms with van der Waals surface area (Å²) in [5, 5.41) is 3.14. The van der Waals surface area contributed by atoms with Gasteiger partial charge in [0.15, 0.2) is 11.5 Å². The molecule has 1 heterocycles. The van der Waals surface area contributed by atoms with E-state index in [1.807, 2.05) is 39.0 Å². The lowest BCUT2D eigenvalue weighted by Gasteiger charge is -2.14. The molecule has 39 heavy (non-hydrogen) atoms. The normalized spacial score (nSPS) is 14.2. The molecule has 3 aromatic rings. The first-order valence-electron chi connectivity index (χ1n) is 12.1. The summed E-state index contributed by atoms with van der Waals surface area (Å²) in [6.07, 6.45) is 1.59. The molecule has 0 radical (unpaired) electrons. The Labute approximate surface area is 241 Å². The Balaban J connectivity index is 1.44. The molecule has 0 aliphatic carbocycles. The Morgan fingerprint density at radius 2 is 1.74 bits per heavy atom. The molecular weight excluding hydrogens is 559 g/mol. The fraction of sp³-hybridized carbons (Fsp3) is 0.207. The van der Waals surface area contributed by atoms with E-state index in [0.717, 1.165) is 33.4 Å². The van der Waals surface area contributed by atoms with Gasteiger partial charge in [-0.2, -0.15) is 0 Å². The minimum absolute atomic E-state index is 0.214. The molecule has 1 fully saturated rings. The van der Waals surface area contributed by atoms with Gasteiger partial charge >= 0.3 is 0 Å². The van der Waals surface area contributed by atoms with Crippen molar-refractivity contribution < 1.29 is 23.9 Å². The molecule has 3 amide bonds. The van der Waals surface area contributed by atoms with Crippen LogP contribution in [0.1, 0.15) is 29.2 Å². The van der Waals surface area contributed by atoms with E-state index in [0.29, 0.717) is 39.4 Å². The molecule has 0 bridgehead atoms. The van der Waals surface area contributed by atoms with Crippen LogP contribution < -0.4 is 14.8 Å². The summed E-state index contributed by atoms with van der Waals surface area (Å²) in [5.41, 5.74) is 4.22. The molecule has 202 valence electrons. The average Bonchev–Trinajstić information content (AvgIpc) is 3.15. The molecule has 0 aromatic heterocycles. The number of aryl methyl sites for hydroxylation is 2. The van der Waals surface area contributed by atoms with Crippen molar-refractivity contribution in [3.63, 3.8) is 0 Å². The molecule has 0 saturated carbocycles. The van der Waals surface area contributed by atoms with Crippen LogP contribution in [0.5, 0.6) is 11.5 Å². The monoisotopic (exact) mass is 584 g/mol. The van der Waals surface area contributed by atoms with Crippen molar-refractivity contribution in [2.24, 2.45) is 0 Å². The van der Waals surface area contributed by atoms with Crippen molar-refractivity contribution in [3.05, 3.63) is 91.8 Å². The number of ether oxygens (including phenoxy) is 2. The number of nitrogens with one attached hydrogen (secondary N) is 1. The number of rotatable bonds is 9. The van der Waals surface area contributed by atoms with Gasteiger partial charge in [-0.15, -0.1) is 0 Å². The number of imide groups is 1. The first kappa shape index (κ1) is 28.5. The SMILES string of the molecule is CCOc1cc(/C=C2/SC(=O)N(CC(=O)Nc3ccc(C)c(C)c3)C2=O)ccc1OCc1ccc(Cl)c(Cl)c1. The maximum absolute atomic E-state index is 13.0. The second-order valence-corrected chi connectivity index (χ2v) is 10.6. The van der Waals surface area contributed by atoms with Crippen molar-refractivity contribution in [1.82, 2.24) is 4.90 Å². The Bertz CT molecular complexity index is 1470. The topological polar surface area (TPSA) is 84.9 Å². The Morgan fingerprint density at radius 1 is 0.949 bits per heavy atom. The molecule has 0 spiro atoms. The standard InChI is InChI=1S/C29H26Cl2N2O5S/c1-4-37-25-13-19(7-10-24(25)38-16-20-6-9-22(30)23(31)12-20)14-26-28(35)33(29(36)39-26)15-27(34)32-21-8-5-17(2)18(3)11-21/h5-14H,4,15-16H2,1-3H3,(H,32,34)/b26-14+. The zero-order chi connectivity index (χ0) is 28.1. The van der Waals surface area contributed by atoms with Gasteiger partial charge in [0.1, 0.15) is 13.2 Å². The van der Waals surface area contributed by atoms with E-state index in [2.05, 4.69) is 5.32 Å². The van der Waals surface area contributed by atoms with Crippen LogP contribution >= 0.6 is 35.0 Å². The highest BCUT2D eigenvalue weighted by atomic mass is 35.5. The van der Waals surface area contributed by atoms with Gasteiger partial charge in [-0.05, 0) is 97.3 Å². The summed E-state index contributed by atoms with van der Waals surface area (Å²) in [6, 6.07) is 16.0. The third-order valence-corrected chi connectivity index (χ3v) is 7.56. The van der Waals surface area contributed by atoms with E-state index < -0.39 is 17.1 Å². The van der Waals surface area contributed by atoms with Gasteiger partial charge < -0.3 is 14.8 Å². The summed E-state index contributed by atoms with van der Waals surface area (Å²) >= 11 is 12.9. The average molecular weight is 586 g/mol. The molecule has 1 aliphatic rings. The Kier molecular flexibility index (Phi) is 9.22. The first-order chi connectivity index (χ1) is 18.6. The van der Waals surface area contributed by atoms with Crippen molar-refractivity contribution in [1.29, 1.82) is 0 Å². The minimum atomic E-state index is -0.529. The van der Waals surface area contributed by atoms with Crippen LogP contribution in [-0.4, -0.2) is 35.1 Å². The maximum Gasteiger partial charge on any atom is 0.294 e. The van der Waals surface area contributed by atoms with Crippen LogP contribution in [0.3, 0.4) is 0 Å². The number of amides is 3. The van der Waals surface area contributed by atoms with Gasteiger partial charge in [0.2, 0.25) is 5.91 Å². The van der Waals surface area contributed by atoms with Crippen LogP contribution in [0.4, 0.5) is 10.5 Å². The molecule has 0 atom stereocenters. The zero-order valence-electron chi connectivity index (χ0n) is 21.5. The molecule has 10 heteroatoms. The summed E-state index contributed by atoms with van der Waals surface area (Å²) in [5.74, 6) is 0.0107. The lowest BCUT2D eigenvalue weighted by Crippen LogP contribution is -2.36. The fourth-order valence-electron chi connectivity index (χ4n) is 3.74. The smallest absolute Gasteiger partial charge is 0.294 e. The van der Waals surface area contributed by atoms with Gasteiger partial charge in [0.25, 0.3) is 11.1 Å². The van der Waals surface area contributed by atoms with Crippen LogP contribution in [-0.2, 0) is 16.2 Å². The minimum Gasteiger partial charge on any atom is -0.490 e. The molecule has 1 saturated heterocycles. The number of benzene rings is 3. The van der Waals surface area contributed by atoms with E-state index >= 15 is 0 Å². The quantitative estimate of drug-likeness (QED) is 0.266. The number of carbonyl (C=O) groups excluding carboxylic acids is 3. The Hall–Kier alpha value is -3.46. The van der Waals surface area contributed by atoms with Crippen molar-refractivity contribution in [2.75, 3.05) is 18.5 Å². The van der Waals surface area contributed by atoms with Crippen LogP contribution in [0.2, 0.25) is 10.0 Å². The number of hydrogen-bond donors (Lipinski definition) is 1. The number of nitrogens with zero attached hydrogens (tertiary/aromatic N) is 1. The number of thioether (sulfide) groups is 1. The van der Waals surface area contributed by atoms with E-state index in [-0.39, 0.29) is 18.1 Å². The summed E-state index contributed by atoms with van der Waals surface area (Å²) in [6.45, 7) is 6.04. The van der Waals surface area contributed by atoms with Gasteiger partial charge in [0, 0.05) is 5.69 Å². The highest BCUT2D eigenvalue weighted by molar-refractivity contribution is 8.18. The summed E-state index contributed by atoms with van der Waals surface area (Å²) in [7, 11) is 0. The Morgan fingerprint density at radius 3 is 2.46 bits per heavy atom. The van der Waals surface area contributed by atoms with Crippen LogP contribution in [0.15, 0.2) is 59.5 Å². The van der Waals surface area contributed by atoms with Crippen LogP contribution in [0, 0.1) is 13.8 Å². The van der Waals surface area contributed by atoms with Gasteiger partial charge in [-0.3, -0.25) is 19.3 Å². The summed E-state index contributed by atoms with van der Waals surface area (Å²) < 4.78 is 11.7. The predicted molar refractivity (Wildman–Crippen MR) is 156 cm³/mol. The molecule has 1 N–H and O–H groups in total. The molecule has 1 aliphatic heterocycles. The van der Waals surface area contributed by atoms with E-state index in [1.165, 1.54) is 0 Å². The largest absolute Gasteiger partial charge is 0.490 e. The van der Waals surface area contributed by atoms with E-state index in [4.69, 9.17) is 32.7 Å². The molecule has 4 rings (SSSR count). The predicted octanol–water partition coefficient (Wildman–Crippen LogP) is 7.26. The maximum atomic E-state index is 13.0.